The van der Waals surface area contributed by atoms with Crippen LogP contribution in [0.1, 0.15) is 26.0 Å². The maximum Gasteiger partial charge on any atom is 0.199 e. The Morgan fingerprint density at radius 3 is 2.78 bits per heavy atom. The predicted molar refractivity (Wildman–Crippen MR) is 75.6 cm³/mol. The molecule has 96 valence electrons. The molecule has 0 radical (unpaired) electrons. The molecule has 0 spiro atoms. The summed E-state index contributed by atoms with van der Waals surface area (Å²) in [6.07, 6.45) is 3.62. The number of hydrogen-bond donors (Lipinski definition) is 1. The molecule has 0 amide bonds. The van der Waals surface area contributed by atoms with E-state index in [2.05, 4.69) is 38.1 Å². The van der Waals surface area contributed by atoms with Gasteiger partial charge in [-0.2, -0.15) is 0 Å². The van der Waals surface area contributed by atoms with Gasteiger partial charge in [-0.1, -0.05) is 13.3 Å². The summed E-state index contributed by atoms with van der Waals surface area (Å²) in [5.41, 5.74) is 1.03. The lowest BCUT2D eigenvalue weighted by molar-refractivity contribution is 0.575. The van der Waals surface area contributed by atoms with Crippen LogP contribution in [0, 0.1) is 0 Å². The summed E-state index contributed by atoms with van der Waals surface area (Å²) < 4.78 is 6.29. The Kier molecular flexibility index (Phi) is 4.36. The van der Waals surface area contributed by atoms with E-state index in [-0.39, 0.29) is 0 Å². The highest BCUT2D eigenvalue weighted by Gasteiger charge is 2.12. The monoisotopic (exact) mass is 309 g/mol. The van der Waals surface area contributed by atoms with Crippen molar-refractivity contribution in [2.75, 3.05) is 11.9 Å². The molecular formula is C13H16BrN3O. The van der Waals surface area contributed by atoms with Gasteiger partial charge < -0.3 is 9.73 Å². The van der Waals surface area contributed by atoms with Crippen LogP contribution in [-0.2, 0) is 6.42 Å². The molecule has 0 atom stereocenters. The van der Waals surface area contributed by atoms with Crippen LogP contribution < -0.4 is 5.32 Å². The second-order valence-electron chi connectivity index (χ2n) is 3.95. The van der Waals surface area contributed by atoms with Crippen LogP contribution in [0.3, 0.4) is 0 Å². The van der Waals surface area contributed by atoms with Crippen LogP contribution in [0.4, 0.5) is 5.82 Å². The summed E-state index contributed by atoms with van der Waals surface area (Å²) in [5.74, 6) is 2.13. The van der Waals surface area contributed by atoms with Crippen molar-refractivity contribution in [3.05, 3.63) is 28.6 Å². The second kappa shape index (κ2) is 6.00. The number of rotatable bonds is 5. The van der Waals surface area contributed by atoms with Gasteiger partial charge in [-0.25, -0.2) is 9.97 Å². The van der Waals surface area contributed by atoms with Gasteiger partial charge >= 0.3 is 0 Å². The van der Waals surface area contributed by atoms with Crippen molar-refractivity contribution in [1.82, 2.24) is 9.97 Å². The summed E-state index contributed by atoms with van der Waals surface area (Å²) >= 11 is 3.44. The van der Waals surface area contributed by atoms with E-state index in [1.54, 1.807) is 6.26 Å². The molecule has 18 heavy (non-hydrogen) atoms. The van der Waals surface area contributed by atoms with Crippen LogP contribution in [0.5, 0.6) is 0 Å². The maximum absolute atomic E-state index is 5.42. The van der Waals surface area contributed by atoms with Gasteiger partial charge in [-0.05, 0) is 35.3 Å². The molecule has 0 aliphatic heterocycles. The van der Waals surface area contributed by atoms with Gasteiger partial charge in [0.05, 0.1) is 10.7 Å². The largest absolute Gasteiger partial charge is 0.460 e. The zero-order valence-electron chi connectivity index (χ0n) is 10.5. The Balaban J connectivity index is 2.42. The molecule has 2 heterocycles. The van der Waals surface area contributed by atoms with Crippen LogP contribution in [0.2, 0.25) is 0 Å². The molecule has 0 fully saturated rings. The van der Waals surface area contributed by atoms with E-state index in [1.165, 1.54) is 0 Å². The third-order valence-corrected chi connectivity index (χ3v) is 3.09. The SMILES string of the molecule is CCCc1cc(NCC)nc(-c2occc2Br)n1. The van der Waals surface area contributed by atoms with E-state index < -0.39 is 0 Å². The molecule has 5 heteroatoms. The molecule has 2 aromatic rings. The Morgan fingerprint density at radius 1 is 1.33 bits per heavy atom. The first kappa shape index (κ1) is 13.1. The molecule has 0 saturated heterocycles. The minimum Gasteiger partial charge on any atom is -0.460 e. The highest BCUT2D eigenvalue weighted by Crippen LogP contribution is 2.27. The number of aryl methyl sites for hydroxylation is 1. The van der Waals surface area contributed by atoms with Crippen molar-refractivity contribution in [3.8, 4) is 11.6 Å². The Morgan fingerprint density at radius 2 is 2.17 bits per heavy atom. The molecule has 0 aromatic carbocycles. The van der Waals surface area contributed by atoms with Gasteiger partial charge in [-0.3, -0.25) is 0 Å². The van der Waals surface area contributed by atoms with Crippen molar-refractivity contribution in [2.45, 2.75) is 26.7 Å². The van der Waals surface area contributed by atoms with Crippen LogP contribution in [-0.4, -0.2) is 16.5 Å². The number of nitrogens with zero attached hydrogens (tertiary/aromatic N) is 2. The predicted octanol–water partition coefficient (Wildman–Crippen LogP) is 3.88. The summed E-state index contributed by atoms with van der Waals surface area (Å²) in [4.78, 5) is 9.00. The zero-order chi connectivity index (χ0) is 13.0. The van der Waals surface area contributed by atoms with E-state index in [0.717, 1.165) is 35.4 Å². The lowest BCUT2D eigenvalue weighted by atomic mass is 10.2. The van der Waals surface area contributed by atoms with Crippen LogP contribution in [0.15, 0.2) is 27.3 Å². The molecular weight excluding hydrogens is 294 g/mol. The maximum atomic E-state index is 5.42. The molecule has 0 saturated carbocycles. The Hall–Kier alpha value is -1.36. The van der Waals surface area contributed by atoms with Gasteiger partial charge in [0.2, 0.25) is 0 Å². The smallest absolute Gasteiger partial charge is 0.199 e. The average Bonchev–Trinajstić information content (AvgIpc) is 2.76. The number of hydrogen-bond acceptors (Lipinski definition) is 4. The number of aromatic nitrogens is 2. The van der Waals surface area contributed by atoms with Crippen molar-refractivity contribution in [3.63, 3.8) is 0 Å². The quantitative estimate of drug-likeness (QED) is 0.910. The van der Waals surface area contributed by atoms with Gasteiger partial charge in [0, 0.05) is 18.3 Å². The first-order valence-corrected chi connectivity index (χ1v) is 6.89. The van der Waals surface area contributed by atoms with Crippen LogP contribution >= 0.6 is 15.9 Å². The first-order chi connectivity index (χ1) is 8.74. The number of halogens is 1. The third kappa shape index (κ3) is 2.90. The van der Waals surface area contributed by atoms with Gasteiger partial charge in [-0.15, -0.1) is 0 Å². The highest BCUT2D eigenvalue weighted by molar-refractivity contribution is 9.10. The number of anilines is 1. The highest BCUT2D eigenvalue weighted by atomic mass is 79.9. The standard InChI is InChI=1S/C13H16BrN3O/c1-3-5-9-8-11(15-4-2)17-13(16-9)12-10(14)6-7-18-12/h6-8H,3-5H2,1-2H3,(H,15,16,17). The Labute approximate surface area is 115 Å². The molecule has 0 aliphatic rings. The van der Waals surface area contributed by atoms with Gasteiger partial charge in [0.25, 0.3) is 0 Å². The lowest BCUT2D eigenvalue weighted by Crippen LogP contribution is -2.04. The van der Waals surface area contributed by atoms with Gasteiger partial charge in [0.1, 0.15) is 5.82 Å². The minimum absolute atomic E-state index is 0.619. The summed E-state index contributed by atoms with van der Waals surface area (Å²) in [5, 5.41) is 3.22. The average molecular weight is 310 g/mol. The van der Waals surface area contributed by atoms with E-state index in [1.807, 2.05) is 19.1 Å². The molecule has 0 unspecified atom stereocenters. The number of furan rings is 1. The first-order valence-electron chi connectivity index (χ1n) is 6.09. The summed E-state index contributed by atoms with van der Waals surface area (Å²) in [6, 6.07) is 3.84. The summed E-state index contributed by atoms with van der Waals surface area (Å²) in [7, 11) is 0. The molecule has 2 rings (SSSR count). The van der Waals surface area contributed by atoms with Crippen molar-refractivity contribution in [2.24, 2.45) is 0 Å². The zero-order valence-corrected chi connectivity index (χ0v) is 12.1. The Bertz CT molecular complexity index is 500. The van der Waals surface area contributed by atoms with E-state index >= 15 is 0 Å². The molecule has 2 aromatic heterocycles. The van der Waals surface area contributed by atoms with Crippen molar-refractivity contribution in [1.29, 1.82) is 0 Å². The topological polar surface area (TPSA) is 51.0 Å². The molecule has 1 N–H and O–H groups in total. The van der Waals surface area contributed by atoms with E-state index in [4.69, 9.17) is 4.42 Å². The molecule has 0 bridgehead atoms. The minimum atomic E-state index is 0.619. The van der Waals surface area contributed by atoms with Crippen molar-refractivity contribution >= 4 is 21.7 Å². The molecule has 0 aliphatic carbocycles. The van der Waals surface area contributed by atoms with E-state index in [9.17, 15) is 0 Å². The van der Waals surface area contributed by atoms with Gasteiger partial charge in [0.15, 0.2) is 11.6 Å². The summed E-state index contributed by atoms with van der Waals surface area (Å²) in [6.45, 7) is 5.02. The second-order valence-corrected chi connectivity index (χ2v) is 4.80. The fraction of sp³-hybridized carbons (Fsp3) is 0.385. The van der Waals surface area contributed by atoms with E-state index in [0.29, 0.717) is 11.6 Å². The molecule has 4 nitrogen and oxygen atoms in total. The fourth-order valence-electron chi connectivity index (χ4n) is 1.71. The normalized spacial score (nSPS) is 10.6. The fourth-order valence-corrected chi connectivity index (χ4v) is 2.09. The van der Waals surface area contributed by atoms with Crippen LogP contribution in [0.25, 0.3) is 11.6 Å². The third-order valence-electron chi connectivity index (χ3n) is 2.46. The van der Waals surface area contributed by atoms with Crippen molar-refractivity contribution < 1.29 is 4.42 Å². The number of nitrogens with one attached hydrogen (secondary N) is 1. The lowest BCUT2D eigenvalue weighted by Gasteiger charge is -2.07.